The fourth-order valence-electron chi connectivity index (χ4n) is 3.93. The van der Waals surface area contributed by atoms with Crippen LogP contribution in [0.3, 0.4) is 0 Å². The maximum atomic E-state index is 6.37. The van der Waals surface area contributed by atoms with E-state index >= 15 is 0 Å². The third-order valence-electron chi connectivity index (χ3n) is 5.85. The van der Waals surface area contributed by atoms with Gasteiger partial charge in [0, 0.05) is 0 Å². The van der Waals surface area contributed by atoms with Crippen molar-refractivity contribution in [3.63, 3.8) is 0 Å². The number of nitrogens with zero attached hydrogens (tertiary/aromatic N) is 1. The van der Waals surface area contributed by atoms with Crippen molar-refractivity contribution in [1.82, 2.24) is 4.90 Å². The second-order valence-corrected chi connectivity index (χ2v) is 9.15. The molecule has 0 aliphatic heterocycles. The molecule has 4 heteroatoms. The highest BCUT2D eigenvalue weighted by Crippen LogP contribution is 2.40. The average Bonchev–Trinajstić information content (AvgIpc) is 2.91. The fraction of sp³-hybridized carbons (Fsp3) is 0.250. The van der Waals surface area contributed by atoms with Crippen LogP contribution < -0.4 is 14.2 Å². The molecule has 0 atom stereocenters. The van der Waals surface area contributed by atoms with Crippen molar-refractivity contribution >= 4 is 0 Å². The van der Waals surface area contributed by atoms with E-state index in [0.717, 1.165) is 36.1 Å². The minimum Gasteiger partial charge on any atom is -0.485 e. The van der Waals surface area contributed by atoms with Crippen molar-refractivity contribution in [2.45, 2.75) is 32.7 Å². The van der Waals surface area contributed by atoms with Crippen LogP contribution in [0.4, 0.5) is 0 Å². The third-order valence-corrected chi connectivity index (χ3v) is 5.85. The third kappa shape index (κ3) is 7.89. The van der Waals surface area contributed by atoms with Gasteiger partial charge < -0.3 is 19.1 Å². The first-order chi connectivity index (χ1) is 17.7. The van der Waals surface area contributed by atoms with Gasteiger partial charge in [0.2, 0.25) is 5.75 Å². The Kier molecular flexibility index (Phi) is 9.40. The standard InChI is InChI=1S/C32H35NO3/c1-33(2)20-12-19-29-21-30(34-23-26-13-6-3-7-14-26)32(36-25-28-17-10-5-11-18-28)31(22-29)35-24-27-15-8-4-9-16-27/h3-11,13-18,21-22H,12,19-20,23-25H2,1-2H3. The van der Waals surface area contributed by atoms with E-state index in [9.17, 15) is 0 Å². The average molecular weight is 482 g/mol. The number of rotatable bonds is 13. The molecular weight excluding hydrogens is 446 g/mol. The van der Waals surface area contributed by atoms with Gasteiger partial charge in [0.1, 0.15) is 19.8 Å². The first-order valence-corrected chi connectivity index (χ1v) is 12.5. The van der Waals surface area contributed by atoms with Gasteiger partial charge >= 0.3 is 0 Å². The van der Waals surface area contributed by atoms with E-state index in [1.54, 1.807) is 0 Å². The fourth-order valence-corrected chi connectivity index (χ4v) is 3.93. The maximum absolute atomic E-state index is 6.37. The lowest BCUT2D eigenvalue weighted by molar-refractivity contribution is 0.229. The topological polar surface area (TPSA) is 30.9 Å². The van der Waals surface area contributed by atoms with E-state index in [1.807, 2.05) is 54.6 Å². The lowest BCUT2D eigenvalue weighted by Gasteiger charge is -2.19. The Morgan fingerprint density at radius 1 is 0.528 bits per heavy atom. The van der Waals surface area contributed by atoms with Crippen LogP contribution in [-0.2, 0) is 26.2 Å². The molecule has 0 bridgehead atoms. The zero-order valence-electron chi connectivity index (χ0n) is 21.2. The Morgan fingerprint density at radius 2 is 0.944 bits per heavy atom. The Balaban J connectivity index is 1.63. The van der Waals surface area contributed by atoms with Crippen LogP contribution in [-0.4, -0.2) is 25.5 Å². The van der Waals surface area contributed by atoms with E-state index < -0.39 is 0 Å². The van der Waals surface area contributed by atoms with Gasteiger partial charge in [-0.1, -0.05) is 91.0 Å². The van der Waals surface area contributed by atoms with Crippen molar-refractivity contribution in [3.8, 4) is 17.2 Å². The Morgan fingerprint density at radius 3 is 1.36 bits per heavy atom. The molecule has 0 radical (unpaired) electrons. The van der Waals surface area contributed by atoms with Crippen LogP contribution in [0.5, 0.6) is 17.2 Å². The van der Waals surface area contributed by atoms with Crippen LogP contribution in [0, 0.1) is 0 Å². The molecular formula is C32H35NO3. The summed E-state index contributed by atoms with van der Waals surface area (Å²) in [6.45, 7) is 2.38. The summed E-state index contributed by atoms with van der Waals surface area (Å²) in [7, 11) is 4.20. The van der Waals surface area contributed by atoms with Gasteiger partial charge in [-0.15, -0.1) is 0 Å². The van der Waals surface area contributed by atoms with E-state index in [0.29, 0.717) is 37.1 Å². The number of hydrogen-bond acceptors (Lipinski definition) is 4. The predicted octanol–water partition coefficient (Wildman–Crippen LogP) is 6.92. The van der Waals surface area contributed by atoms with E-state index in [1.165, 1.54) is 5.56 Å². The Hall–Kier alpha value is -3.76. The summed E-state index contributed by atoms with van der Waals surface area (Å²) in [4.78, 5) is 2.21. The molecule has 0 heterocycles. The van der Waals surface area contributed by atoms with Crippen LogP contribution in [0.1, 0.15) is 28.7 Å². The van der Waals surface area contributed by atoms with Crippen LogP contribution in [0.15, 0.2) is 103 Å². The van der Waals surface area contributed by atoms with Gasteiger partial charge in [-0.05, 0) is 67.9 Å². The number of aryl methyl sites for hydroxylation is 1. The van der Waals surface area contributed by atoms with E-state index in [4.69, 9.17) is 14.2 Å². The molecule has 4 aromatic carbocycles. The smallest absolute Gasteiger partial charge is 0.203 e. The molecule has 0 fully saturated rings. The lowest BCUT2D eigenvalue weighted by Crippen LogP contribution is -2.13. The molecule has 186 valence electrons. The van der Waals surface area contributed by atoms with Gasteiger partial charge in [0.05, 0.1) is 0 Å². The molecule has 4 aromatic rings. The molecule has 4 nitrogen and oxygen atoms in total. The largest absolute Gasteiger partial charge is 0.485 e. The Bertz CT molecular complexity index is 1110. The first kappa shape index (κ1) is 25.3. The summed E-state index contributed by atoms with van der Waals surface area (Å²) in [5.74, 6) is 2.06. The SMILES string of the molecule is CN(C)CCCc1cc(OCc2ccccc2)c(OCc2ccccc2)c(OCc2ccccc2)c1. The van der Waals surface area contributed by atoms with Crippen molar-refractivity contribution in [3.05, 3.63) is 125 Å². The molecule has 0 spiro atoms. The van der Waals surface area contributed by atoms with E-state index in [-0.39, 0.29) is 0 Å². The summed E-state index contributed by atoms with van der Waals surface area (Å²) in [6.07, 6.45) is 1.98. The number of hydrogen-bond donors (Lipinski definition) is 0. The van der Waals surface area contributed by atoms with Crippen molar-refractivity contribution < 1.29 is 14.2 Å². The van der Waals surface area contributed by atoms with Gasteiger partial charge in [-0.3, -0.25) is 0 Å². The molecule has 4 rings (SSSR count). The van der Waals surface area contributed by atoms with Crippen molar-refractivity contribution in [2.24, 2.45) is 0 Å². The highest BCUT2D eigenvalue weighted by Gasteiger charge is 2.17. The highest BCUT2D eigenvalue weighted by molar-refractivity contribution is 5.54. The molecule has 0 amide bonds. The molecule has 0 unspecified atom stereocenters. The molecule has 36 heavy (non-hydrogen) atoms. The molecule has 0 aliphatic carbocycles. The summed E-state index contributed by atoms with van der Waals surface area (Å²) in [6, 6.07) is 34.8. The Labute approximate surface area is 215 Å². The first-order valence-electron chi connectivity index (χ1n) is 12.5. The van der Waals surface area contributed by atoms with E-state index in [2.05, 4.69) is 67.5 Å². The van der Waals surface area contributed by atoms with Crippen LogP contribution in [0.2, 0.25) is 0 Å². The predicted molar refractivity (Wildman–Crippen MR) is 146 cm³/mol. The second kappa shape index (κ2) is 13.4. The minimum atomic E-state index is 0.435. The zero-order chi connectivity index (χ0) is 25.0. The lowest BCUT2D eigenvalue weighted by atomic mass is 10.1. The summed E-state index contributed by atoms with van der Waals surface area (Å²) in [5, 5.41) is 0. The maximum Gasteiger partial charge on any atom is 0.203 e. The molecule has 0 saturated carbocycles. The van der Waals surface area contributed by atoms with Gasteiger partial charge in [0.15, 0.2) is 11.5 Å². The van der Waals surface area contributed by atoms with Gasteiger partial charge in [-0.25, -0.2) is 0 Å². The normalized spacial score (nSPS) is 10.9. The molecule has 0 aromatic heterocycles. The van der Waals surface area contributed by atoms with Crippen molar-refractivity contribution in [2.75, 3.05) is 20.6 Å². The molecule has 0 saturated heterocycles. The summed E-state index contributed by atoms with van der Waals surface area (Å²) < 4.78 is 19.1. The minimum absolute atomic E-state index is 0.435. The second-order valence-electron chi connectivity index (χ2n) is 9.15. The van der Waals surface area contributed by atoms with Gasteiger partial charge in [0.25, 0.3) is 0 Å². The van der Waals surface area contributed by atoms with Crippen LogP contribution in [0.25, 0.3) is 0 Å². The summed E-state index contributed by atoms with van der Waals surface area (Å²) >= 11 is 0. The molecule has 0 N–H and O–H groups in total. The molecule has 0 aliphatic rings. The number of benzene rings is 4. The monoisotopic (exact) mass is 481 g/mol. The zero-order valence-corrected chi connectivity index (χ0v) is 21.2. The number of ether oxygens (including phenoxy) is 3. The van der Waals surface area contributed by atoms with Crippen molar-refractivity contribution in [1.29, 1.82) is 0 Å². The van der Waals surface area contributed by atoms with Gasteiger partial charge in [-0.2, -0.15) is 0 Å². The highest BCUT2D eigenvalue weighted by atomic mass is 16.5. The summed E-state index contributed by atoms with van der Waals surface area (Å²) in [5.41, 5.74) is 4.48. The van der Waals surface area contributed by atoms with Crippen LogP contribution >= 0.6 is 0 Å². The quantitative estimate of drug-likeness (QED) is 0.207.